The van der Waals surface area contributed by atoms with Gasteiger partial charge in [0.15, 0.2) is 0 Å². The van der Waals surface area contributed by atoms with E-state index in [9.17, 15) is 0 Å². The van der Waals surface area contributed by atoms with Crippen molar-refractivity contribution in [2.45, 2.75) is 38.8 Å². The molecule has 0 spiro atoms. The van der Waals surface area contributed by atoms with Crippen molar-refractivity contribution in [3.8, 4) is 0 Å². The summed E-state index contributed by atoms with van der Waals surface area (Å²) in [5, 5.41) is 0. The van der Waals surface area contributed by atoms with Crippen molar-refractivity contribution in [3.63, 3.8) is 0 Å². The van der Waals surface area contributed by atoms with Crippen LogP contribution in [0.2, 0.25) is 0 Å². The van der Waals surface area contributed by atoms with Gasteiger partial charge in [-0.3, -0.25) is 4.90 Å². The van der Waals surface area contributed by atoms with Gasteiger partial charge in [-0.2, -0.15) is 0 Å². The molecule has 0 aromatic heterocycles. The second-order valence-electron chi connectivity index (χ2n) is 5.50. The number of hydrogen-bond acceptors (Lipinski definition) is 2. The average Bonchev–Trinajstić information content (AvgIpc) is 2.30. The molecular weight excluding hydrogens is 208 g/mol. The summed E-state index contributed by atoms with van der Waals surface area (Å²) in [6.45, 7) is 6.83. The van der Waals surface area contributed by atoms with E-state index in [0.717, 1.165) is 6.54 Å². The summed E-state index contributed by atoms with van der Waals surface area (Å²) in [6.07, 6.45) is 2.41. The summed E-state index contributed by atoms with van der Waals surface area (Å²) >= 11 is 0. The van der Waals surface area contributed by atoms with Gasteiger partial charge >= 0.3 is 0 Å². The van der Waals surface area contributed by atoms with E-state index < -0.39 is 0 Å². The molecule has 0 amide bonds. The smallest absolute Gasteiger partial charge is 0.0371 e. The van der Waals surface area contributed by atoms with Crippen LogP contribution in [-0.4, -0.2) is 24.0 Å². The van der Waals surface area contributed by atoms with Gasteiger partial charge in [0.2, 0.25) is 0 Å². The molecule has 1 heterocycles. The minimum Gasteiger partial charge on any atom is -0.327 e. The minimum atomic E-state index is 0.355. The highest BCUT2D eigenvalue weighted by Gasteiger charge is 2.27. The van der Waals surface area contributed by atoms with Crippen molar-refractivity contribution in [1.29, 1.82) is 0 Å². The average molecular weight is 232 g/mol. The van der Waals surface area contributed by atoms with Crippen LogP contribution in [0.1, 0.15) is 38.3 Å². The Morgan fingerprint density at radius 3 is 2.53 bits per heavy atom. The molecule has 1 aliphatic heterocycles. The Hall–Kier alpha value is -0.860. The molecule has 0 bridgehead atoms. The highest BCUT2D eigenvalue weighted by Crippen LogP contribution is 2.30. The largest absolute Gasteiger partial charge is 0.327 e. The Bertz CT molecular complexity index is 334. The van der Waals surface area contributed by atoms with Crippen LogP contribution in [0.25, 0.3) is 0 Å². The van der Waals surface area contributed by atoms with Crippen LogP contribution in [0.15, 0.2) is 30.3 Å². The van der Waals surface area contributed by atoms with Crippen LogP contribution in [0.3, 0.4) is 0 Å². The number of nitrogens with zero attached hydrogens (tertiary/aromatic N) is 1. The molecule has 0 aliphatic carbocycles. The van der Waals surface area contributed by atoms with Crippen molar-refractivity contribution in [1.82, 2.24) is 4.90 Å². The molecule has 2 heteroatoms. The van der Waals surface area contributed by atoms with Gasteiger partial charge in [0.1, 0.15) is 0 Å². The van der Waals surface area contributed by atoms with E-state index in [0.29, 0.717) is 18.0 Å². The van der Waals surface area contributed by atoms with Crippen LogP contribution < -0.4 is 5.73 Å². The first kappa shape index (κ1) is 12.6. The first-order valence-corrected chi connectivity index (χ1v) is 6.73. The first-order valence-electron chi connectivity index (χ1n) is 6.73. The third-order valence-corrected chi connectivity index (χ3v) is 3.66. The Morgan fingerprint density at radius 2 is 1.94 bits per heavy atom. The Morgan fingerprint density at radius 1 is 1.24 bits per heavy atom. The fourth-order valence-corrected chi connectivity index (χ4v) is 2.96. The van der Waals surface area contributed by atoms with Gasteiger partial charge in [-0.05, 0) is 30.9 Å². The quantitative estimate of drug-likeness (QED) is 0.868. The SMILES string of the molecule is CC(C)C(c1ccccc1)N1CCCC(N)C1. The fraction of sp³-hybridized carbons (Fsp3) is 0.600. The summed E-state index contributed by atoms with van der Waals surface area (Å²) < 4.78 is 0. The van der Waals surface area contributed by atoms with Crippen molar-refractivity contribution >= 4 is 0 Å². The number of hydrogen-bond donors (Lipinski definition) is 1. The van der Waals surface area contributed by atoms with E-state index in [2.05, 4.69) is 49.1 Å². The monoisotopic (exact) mass is 232 g/mol. The molecule has 2 unspecified atom stereocenters. The molecular formula is C15H24N2. The van der Waals surface area contributed by atoms with Crippen molar-refractivity contribution < 1.29 is 0 Å². The van der Waals surface area contributed by atoms with Crippen LogP contribution in [0, 0.1) is 5.92 Å². The molecule has 94 valence electrons. The summed E-state index contributed by atoms with van der Waals surface area (Å²) in [5.74, 6) is 0.627. The van der Waals surface area contributed by atoms with Crippen molar-refractivity contribution in [3.05, 3.63) is 35.9 Å². The zero-order valence-corrected chi connectivity index (χ0v) is 11.0. The molecule has 1 aromatic rings. The number of nitrogens with two attached hydrogens (primary N) is 1. The maximum atomic E-state index is 6.10. The molecule has 2 N–H and O–H groups in total. The lowest BCUT2D eigenvalue weighted by Crippen LogP contribution is -2.45. The fourth-order valence-electron chi connectivity index (χ4n) is 2.96. The van der Waals surface area contributed by atoms with Gasteiger partial charge in [-0.1, -0.05) is 44.2 Å². The first-order chi connectivity index (χ1) is 8.18. The van der Waals surface area contributed by atoms with Crippen molar-refractivity contribution in [2.75, 3.05) is 13.1 Å². The van der Waals surface area contributed by atoms with Crippen LogP contribution in [0.5, 0.6) is 0 Å². The summed E-state index contributed by atoms with van der Waals surface area (Å²) in [6, 6.07) is 11.7. The van der Waals surface area contributed by atoms with E-state index in [1.54, 1.807) is 0 Å². The lowest BCUT2D eigenvalue weighted by molar-refractivity contribution is 0.117. The van der Waals surface area contributed by atoms with Gasteiger partial charge in [0.05, 0.1) is 0 Å². The van der Waals surface area contributed by atoms with E-state index in [1.165, 1.54) is 24.9 Å². The van der Waals surface area contributed by atoms with Gasteiger partial charge in [-0.15, -0.1) is 0 Å². The molecule has 0 radical (unpaired) electrons. The molecule has 2 rings (SSSR count). The molecule has 1 fully saturated rings. The summed E-state index contributed by atoms with van der Waals surface area (Å²) in [5.41, 5.74) is 7.53. The topological polar surface area (TPSA) is 29.3 Å². The van der Waals surface area contributed by atoms with E-state index in [1.807, 2.05) is 0 Å². The van der Waals surface area contributed by atoms with Gasteiger partial charge in [0, 0.05) is 18.6 Å². The van der Waals surface area contributed by atoms with Crippen molar-refractivity contribution in [2.24, 2.45) is 11.7 Å². The molecule has 2 atom stereocenters. The lowest BCUT2D eigenvalue weighted by Gasteiger charge is -2.39. The minimum absolute atomic E-state index is 0.355. The number of rotatable bonds is 3. The zero-order chi connectivity index (χ0) is 12.3. The third-order valence-electron chi connectivity index (χ3n) is 3.66. The second-order valence-corrected chi connectivity index (χ2v) is 5.50. The third kappa shape index (κ3) is 3.08. The van der Waals surface area contributed by atoms with E-state index >= 15 is 0 Å². The number of piperidine rings is 1. The summed E-state index contributed by atoms with van der Waals surface area (Å²) in [7, 11) is 0. The van der Waals surface area contributed by atoms with Gasteiger partial charge < -0.3 is 5.73 Å². The van der Waals surface area contributed by atoms with Crippen LogP contribution >= 0.6 is 0 Å². The molecule has 1 aliphatic rings. The summed E-state index contributed by atoms with van der Waals surface area (Å²) in [4.78, 5) is 2.56. The Labute approximate surface area is 105 Å². The maximum Gasteiger partial charge on any atom is 0.0371 e. The number of likely N-dealkylation sites (tertiary alicyclic amines) is 1. The molecule has 0 saturated carbocycles. The number of benzene rings is 1. The maximum absolute atomic E-state index is 6.10. The predicted molar refractivity (Wildman–Crippen MR) is 72.8 cm³/mol. The van der Waals surface area contributed by atoms with Gasteiger partial charge in [-0.25, -0.2) is 0 Å². The highest BCUT2D eigenvalue weighted by atomic mass is 15.2. The van der Waals surface area contributed by atoms with Crippen LogP contribution in [-0.2, 0) is 0 Å². The van der Waals surface area contributed by atoms with E-state index in [4.69, 9.17) is 5.73 Å². The Kier molecular flexibility index (Phi) is 4.19. The Balaban J connectivity index is 2.17. The van der Waals surface area contributed by atoms with Gasteiger partial charge in [0.25, 0.3) is 0 Å². The van der Waals surface area contributed by atoms with Crippen LogP contribution in [0.4, 0.5) is 0 Å². The molecule has 17 heavy (non-hydrogen) atoms. The second kappa shape index (κ2) is 5.65. The molecule has 1 aromatic carbocycles. The highest BCUT2D eigenvalue weighted by molar-refractivity contribution is 5.19. The normalized spacial score (nSPS) is 23.9. The zero-order valence-electron chi connectivity index (χ0n) is 11.0. The molecule has 1 saturated heterocycles. The molecule has 2 nitrogen and oxygen atoms in total. The predicted octanol–water partition coefficient (Wildman–Crippen LogP) is 2.81. The van der Waals surface area contributed by atoms with E-state index in [-0.39, 0.29) is 0 Å². The standard InChI is InChI=1S/C15H24N2/c1-12(2)15(13-7-4-3-5-8-13)17-10-6-9-14(16)11-17/h3-5,7-8,12,14-15H,6,9-11,16H2,1-2H3. The lowest BCUT2D eigenvalue weighted by atomic mass is 9.92.